The van der Waals surface area contributed by atoms with E-state index in [-0.39, 0.29) is 19.3 Å². The lowest BCUT2D eigenvalue weighted by Crippen LogP contribution is -2.49. The first-order chi connectivity index (χ1) is 8.86. The molecule has 1 N–H and O–H groups in total. The zero-order valence-electron chi connectivity index (χ0n) is 11.6. The second-order valence-corrected chi connectivity index (χ2v) is 5.21. The van der Waals surface area contributed by atoms with Crippen LogP contribution in [0.1, 0.15) is 32.6 Å². The maximum Gasteiger partial charge on any atom is 0.393 e. The number of nitrogens with zero attached hydrogens (tertiary/aromatic N) is 1. The van der Waals surface area contributed by atoms with Crippen molar-refractivity contribution >= 4 is 0 Å². The highest BCUT2D eigenvalue weighted by molar-refractivity contribution is 4.89. The van der Waals surface area contributed by atoms with E-state index in [1.165, 1.54) is 0 Å². The molecule has 0 spiro atoms. The Bertz CT molecular complexity index is 261. The van der Waals surface area contributed by atoms with E-state index in [4.69, 9.17) is 4.74 Å². The van der Waals surface area contributed by atoms with Gasteiger partial charge in [-0.2, -0.15) is 13.2 Å². The van der Waals surface area contributed by atoms with Crippen molar-refractivity contribution in [1.82, 2.24) is 4.90 Å². The number of ether oxygens (including phenoxy) is 1. The van der Waals surface area contributed by atoms with Crippen LogP contribution >= 0.6 is 0 Å². The lowest BCUT2D eigenvalue weighted by Gasteiger charge is -2.40. The SMILES string of the molecule is CCOCCCN(C)C1CC(O)CCC1C(F)(F)F. The van der Waals surface area contributed by atoms with E-state index in [1.54, 1.807) is 11.9 Å². The minimum absolute atomic E-state index is 0.0190. The second kappa shape index (κ2) is 7.45. The van der Waals surface area contributed by atoms with Gasteiger partial charge >= 0.3 is 6.18 Å². The standard InChI is InChI=1S/C13H24F3NO2/c1-3-19-8-4-7-17(2)12-9-10(18)5-6-11(12)13(14,15)16/h10-12,18H,3-9H2,1-2H3. The second-order valence-electron chi connectivity index (χ2n) is 5.21. The van der Waals surface area contributed by atoms with Gasteiger partial charge in [-0.25, -0.2) is 0 Å². The van der Waals surface area contributed by atoms with Crippen LogP contribution in [-0.4, -0.2) is 55.1 Å². The number of hydrogen-bond acceptors (Lipinski definition) is 3. The van der Waals surface area contributed by atoms with Crippen LogP contribution in [0.15, 0.2) is 0 Å². The summed E-state index contributed by atoms with van der Waals surface area (Å²) in [7, 11) is 1.70. The molecule has 0 saturated heterocycles. The fraction of sp³-hybridized carbons (Fsp3) is 1.00. The molecule has 0 aromatic rings. The normalized spacial score (nSPS) is 28.9. The fourth-order valence-corrected chi connectivity index (χ4v) is 2.72. The monoisotopic (exact) mass is 283 g/mol. The lowest BCUT2D eigenvalue weighted by atomic mass is 9.81. The number of rotatable bonds is 6. The molecule has 0 aromatic heterocycles. The Hall–Kier alpha value is -0.330. The Morgan fingerprint density at radius 1 is 1.32 bits per heavy atom. The third kappa shape index (κ3) is 5.28. The Balaban J connectivity index is 2.53. The molecule has 6 heteroatoms. The summed E-state index contributed by atoms with van der Waals surface area (Å²) in [5.74, 6) is -1.33. The van der Waals surface area contributed by atoms with Gasteiger partial charge in [0.05, 0.1) is 12.0 Å². The molecule has 3 nitrogen and oxygen atoms in total. The Morgan fingerprint density at radius 3 is 2.58 bits per heavy atom. The van der Waals surface area contributed by atoms with Gasteiger partial charge in [0, 0.05) is 25.8 Å². The maximum absolute atomic E-state index is 13.0. The third-order valence-corrected chi connectivity index (χ3v) is 3.78. The molecule has 0 aromatic carbocycles. The molecule has 1 saturated carbocycles. The molecule has 3 unspecified atom stereocenters. The Labute approximate surface area is 112 Å². The van der Waals surface area contributed by atoms with Crippen LogP contribution in [0.4, 0.5) is 13.2 Å². The van der Waals surface area contributed by atoms with Crippen LogP contribution in [0, 0.1) is 5.92 Å². The topological polar surface area (TPSA) is 32.7 Å². The summed E-state index contributed by atoms with van der Waals surface area (Å²) in [4.78, 5) is 1.72. The van der Waals surface area contributed by atoms with Crippen molar-refractivity contribution in [1.29, 1.82) is 0 Å². The molecule has 1 rings (SSSR count). The highest BCUT2D eigenvalue weighted by Crippen LogP contribution is 2.39. The number of alkyl halides is 3. The summed E-state index contributed by atoms with van der Waals surface area (Å²) in [6.45, 7) is 3.63. The van der Waals surface area contributed by atoms with E-state index >= 15 is 0 Å². The first kappa shape index (κ1) is 16.7. The van der Waals surface area contributed by atoms with E-state index in [2.05, 4.69) is 0 Å². The largest absolute Gasteiger partial charge is 0.393 e. The van der Waals surface area contributed by atoms with Crippen molar-refractivity contribution < 1.29 is 23.0 Å². The van der Waals surface area contributed by atoms with Crippen molar-refractivity contribution in [2.45, 2.75) is 50.9 Å². The summed E-state index contributed by atoms with van der Waals surface area (Å²) >= 11 is 0. The van der Waals surface area contributed by atoms with Gasteiger partial charge in [-0.1, -0.05) is 0 Å². The van der Waals surface area contributed by atoms with Crippen LogP contribution < -0.4 is 0 Å². The van der Waals surface area contributed by atoms with Crippen LogP contribution in [-0.2, 0) is 4.74 Å². The van der Waals surface area contributed by atoms with E-state index in [1.807, 2.05) is 6.92 Å². The fourth-order valence-electron chi connectivity index (χ4n) is 2.72. The van der Waals surface area contributed by atoms with Crippen molar-refractivity contribution in [3.63, 3.8) is 0 Å². The van der Waals surface area contributed by atoms with Gasteiger partial charge in [0.2, 0.25) is 0 Å². The smallest absolute Gasteiger partial charge is 0.393 e. The van der Waals surface area contributed by atoms with Crippen molar-refractivity contribution in [3.8, 4) is 0 Å². The van der Waals surface area contributed by atoms with E-state index in [0.29, 0.717) is 26.2 Å². The molecule has 1 fully saturated rings. The first-order valence-electron chi connectivity index (χ1n) is 6.89. The number of aliphatic hydroxyl groups excluding tert-OH is 1. The summed E-state index contributed by atoms with van der Waals surface area (Å²) < 4.78 is 44.2. The van der Waals surface area contributed by atoms with E-state index in [0.717, 1.165) is 0 Å². The number of halogens is 3. The molecule has 0 radical (unpaired) electrons. The first-order valence-corrected chi connectivity index (χ1v) is 6.89. The van der Waals surface area contributed by atoms with Crippen molar-refractivity contribution in [2.75, 3.05) is 26.8 Å². The summed E-state index contributed by atoms with van der Waals surface area (Å²) in [5, 5.41) is 9.60. The maximum atomic E-state index is 13.0. The minimum Gasteiger partial charge on any atom is -0.393 e. The highest BCUT2D eigenvalue weighted by atomic mass is 19.4. The molecule has 0 aliphatic heterocycles. The summed E-state index contributed by atoms with van der Waals surface area (Å²) in [6.07, 6.45) is -3.62. The van der Waals surface area contributed by atoms with Crippen LogP contribution in [0.2, 0.25) is 0 Å². The van der Waals surface area contributed by atoms with Gasteiger partial charge in [-0.05, 0) is 39.7 Å². The van der Waals surface area contributed by atoms with Crippen LogP contribution in [0.25, 0.3) is 0 Å². The summed E-state index contributed by atoms with van der Waals surface area (Å²) in [6, 6.07) is -0.620. The number of aliphatic hydroxyl groups is 1. The molecule has 3 atom stereocenters. The third-order valence-electron chi connectivity index (χ3n) is 3.78. The van der Waals surface area contributed by atoms with E-state index in [9.17, 15) is 18.3 Å². The molecule has 0 amide bonds. The quantitative estimate of drug-likeness (QED) is 0.760. The average Bonchev–Trinajstić information content (AvgIpc) is 2.32. The van der Waals surface area contributed by atoms with Gasteiger partial charge in [-0.3, -0.25) is 0 Å². The average molecular weight is 283 g/mol. The van der Waals surface area contributed by atoms with Crippen molar-refractivity contribution in [2.24, 2.45) is 5.92 Å². The molecule has 0 bridgehead atoms. The molecule has 114 valence electrons. The van der Waals surface area contributed by atoms with E-state index < -0.39 is 24.2 Å². The molecule has 0 heterocycles. The molecular formula is C13H24F3NO2. The van der Waals surface area contributed by atoms with Gasteiger partial charge in [0.1, 0.15) is 0 Å². The van der Waals surface area contributed by atoms with Crippen molar-refractivity contribution in [3.05, 3.63) is 0 Å². The lowest BCUT2D eigenvalue weighted by molar-refractivity contribution is -0.203. The zero-order valence-corrected chi connectivity index (χ0v) is 11.6. The van der Waals surface area contributed by atoms with Gasteiger partial charge < -0.3 is 14.7 Å². The van der Waals surface area contributed by atoms with Gasteiger partial charge in [0.25, 0.3) is 0 Å². The van der Waals surface area contributed by atoms with Gasteiger partial charge in [0.15, 0.2) is 0 Å². The Kier molecular flexibility index (Phi) is 6.56. The Morgan fingerprint density at radius 2 is 2.00 bits per heavy atom. The molecular weight excluding hydrogens is 259 g/mol. The number of hydrogen-bond donors (Lipinski definition) is 1. The minimum atomic E-state index is -4.18. The predicted octanol–water partition coefficient (Wildman–Crippen LogP) is 2.44. The van der Waals surface area contributed by atoms with Crippen LogP contribution in [0.5, 0.6) is 0 Å². The van der Waals surface area contributed by atoms with Gasteiger partial charge in [-0.15, -0.1) is 0 Å². The molecule has 1 aliphatic rings. The predicted molar refractivity (Wildman–Crippen MR) is 66.9 cm³/mol. The molecule has 19 heavy (non-hydrogen) atoms. The summed E-state index contributed by atoms with van der Waals surface area (Å²) in [5.41, 5.74) is 0. The highest BCUT2D eigenvalue weighted by Gasteiger charge is 2.48. The molecule has 1 aliphatic carbocycles. The zero-order chi connectivity index (χ0) is 14.5. The van der Waals surface area contributed by atoms with Crippen LogP contribution in [0.3, 0.4) is 0 Å².